The van der Waals surface area contributed by atoms with Crippen molar-refractivity contribution in [2.75, 3.05) is 7.11 Å². The largest absolute Gasteiger partial charge is 0.469 e. The summed E-state index contributed by atoms with van der Waals surface area (Å²) in [5.41, 5.74) is -1.36. The first-order chi connectivity index (χ1) is 17.3. The topological polar surface area (TPSA) is 80.3 Å². The molecule has 0 aromatic carbocycles. The number of carbonyl (C=O) groups is 2. The van der Waals surface area contributed by atoms with Gasteiger partial charge in [-0.05, 0) is 95.9 Å². The van der Waals surface area contributed by atoms with Gasteiger partial charge in [0.25, 0.3) is 0 Å². The van der Waals surface area contributed by atoms with E-state index in [0.717, 1.165) is 25.7 Å². The summed E-state index contributed by atoms with van der Waals surface area (Å²) in [5.74, 6) is -1.16. The highest BCUT2D eigenvalue weighted by Crippen LogP contribution is 2.77. The molecule has 0 aromatic rings. The predicted molar refractivity (Wildman–Crippen MR) is 153 cm³/mol. The molecule has 9 atom stereocenters. The molecule has 1 aliphatic heterocycles. The first-order valence-electron chi connectivity index (χ1n) is 14.3. The van der Waals surface area contributed by atoms with Crippen molar-refractivity contribution in [3.8, 4) is 0 Å². The van der Waals surface area contributed by atoms with Crippen LogP contribution in [0.4, 0.5) is 0 Å². The zero-order valence-electron chi connectivity index (χ0n) is 25.1. The van der Waals surface area contributed by atoms with Crippen LogP contribution in [0.5, 0.6) is 0 Å². The Bertz CT molecular complexity index is 1040. The van der Waals surface area contributed by atoms with Crippen molar-refractivity contribution in [1.82, 2.24) is 0 Å². The lowest BCUT2D eigenvalue weighted by atomic mass is 9.62. The van der Waals surface area contributed by atoms with Crippen molar-refractivity contribution in [3.05, 3.63) is 12.2 Å². The van der Waals surface area contributed by atoms with Gasteiger partial charge >= 0.3 is 11.9 Å². The van der Waals surface area contributed by atoms with Gasteiger partial charge in [-0.25, -0.2) is 4.79 Å². The van der Waals surface area contributed by atoms with E-state index in [1.165, 1.54) is 12.7 Å². The van der Waals surface area contributed by atoms with Gasteiger partial charge in [0, 0.05) is 12.3 Å². The number of ether oxygens (including phenoxy) is 2. The number of fused-ring (bicyclic) bond motifs is 1. The molecule has 4 aliphatic carbocycles. The molecule has 1 spiro atoms. The SMILES string of the molecule is C=C1C[C@]23CC1CC[C@H]2[C@@]12C[C@H](O[Si](C)(C)C)[C@H](O[Si](C)(C)C)C(O[Si](C)(C)C)(C(=O)O1)[C@H]2[C@@H]3C(=O)OC. The fourth-order valence-corrected chi connectivity index (χ4v) is 12.7. The third-order valence-electron chi connectivity index (χ3n) is 9.59. The Morgan fingerprint density at radius 2 is 1.58 bits per heavy atom. The van der Waals surface area contributed by atoms with Crippen molar-refractivity contribution >= 4 is 36.9 Å². The number of hydrogen-bond acceptors (Lipinski definition) is 7. The molecule has 0 amide bonds. The normalized spacial score (nSPS) is 44.1. The van der Waals surface area contributed by atoms with Gasteiger partial charge in [0.15, 0.2) is 30.6 Å². The van der Waals surface area contributed by atoms with Crippen molar-refractivity contribution in [3.63, 3.8) is 0 Å². The third-order valence-corrected chi connectivity index (χ3v) is 12.5. The molecule has 4 bridgehead atoms. The maximum Gasteiger partial charge on any atom is 0.341 e. The van der Waals surface area contributed by atoms with Crippen molar-refractivity contribution in [1.29, 1.82) is 0 Å². The van der Waals surface area contributed by atoms with Crippen LogP contribution in [0, 0.1) is 29.1 Å². The van der Waals surface area contributed by atoms with Crippen LogP contribution in [0.2, 0.25) is 58.9 Å². The lowest BCUT2D eigenvalue weighted by molar-refractivity contribution is -0.180. The van der Waals surface area contributed by atoms with E-state index in [2.05, 4.69) is 65.5 Å². The Kier molecular flexibility index (Phi) is 6.51. The van der Waals surface area contributed by atoms with Crippen molar-refractivity contribution in [2.45, 2.75) is 114 Å². The fraction of sp³-hybridized carbons (Fsp3) is 0.857. The van der Waals surface area contributed by atoms with Gasteiger partial charge < -0.3 is 22.8 Å². The Morgan fingerprint density at radius 3 is 2.13 bits per heavy atom. The highest BCUT2D eigenvalue weighted by Gasteiger charge is 2.87. The van der Waals surface area contributed by atoms with Gasteiger partial charge in [-0.15, -0.1) is 0 Å². The van der Waals surface area contributed by atoms with E-state index in [0.29, 0.717) is 12.3 Å². The summed E-state index contributed by atoms with van der Waals surface area (Å²) in [6, 6.07) is 0. The molecule has 214 valence electrons. The minimum Gasteiger partial charge on any atom is -0.469 e. The van der Waals surface area contributed by atoms with Gasteiger partial charge in [-0.2, -0.15) is 0 Å². The van der Waals surface area contributed by atoms with Crippen LogP contribution in [0.1, 0.15) is 32.1 Å². The quantitative estimate of drug-likeness (QED) is 0.224. The number of hydrogen-bond donors (Lipinski definition) is 0. The fourth-order valence-electron chi connectivity index (χ4n) is 9.18. The molecule has 1 heterocycles. The average molecular weight is 581 g/mol. The summed E-state index contributed by atoms with van der Waals surface area (Å²) in [4.78, 5) is 28.4. The van der Waals surface area contributed by atoms with E-state index in [4.69, 9.17) is 22.8 Å². The average Bonchev–Trinajstić information content (AvgIpc) is 3.20. The Morgan fingerprint density at radius 1 is 0.947 bits per heavy atom. The minimum absolute atomic E-state index is 0.0382. The van der Waals surface area contributed by atoms with Gasteiger partial charge in [0.05, 0.1) is 25.0 Å². The van der Waals surface area contributed by atoms with E-state index in [1.807, 2.05) is 0 Å². The zero-order valence-corrected chi connectivity index (χ0v) is 28.1. The standard InChI is InChI=1S/C28H48O7Si3/c1-17-14-26-15-18(17)12-13-20(26)27-16-19(33-36(3,4)5)23(34-37(6,7)8)28(25(30)32-27,35-38(9,10)11)22(27)21(26)24(29)31-2/h18-23H,1,12-16H2,2-11H3/t18?,19-,20+,21+,22-,23-,26-,27+,28?/m0/s1. The molecule has 2 unspecified atom stereocenters. The van der Waals surface area contributed by atoms with E-state index in [9.17, 15) is 9.59 Å². The van der Waals surface area contributed by atoms with E-state index in [1.54, 1.807) is 0 Å². The molecule has 38 heavy (non-hydrogen) atoms. The number of carbonyl (C=O) groups excluding carboxylic acids is 2. The molecule has 7 nitrogen and oxygen atoms in total. The summed E-state index contributed by atoms with van der Waals surface area (Å²) < 4.78 is 33.2. The van der Waals surface area contributed by atoms with E-state index >= 15 is 0 Å². The summed E-state index contributed by atoms with van der Waals surface area (Å²) in [5, 5.41) is 0. The third kappa shape index (κ3) is 4.10. The van der Waals surface area contributed by atoms with Gasteiger partial charge in [-0.1, -0.05) is 12.2 Å². The van der Waals surface area contributed by atoms with E-state index in [-0.39, 0.29) is 29.4 Å². The predicted octanol–water partition coefficient (Wildman–Crippen LogP) is 5.50. The molecular weight excluding hydrogens is 533 g/mol. The lowest BCUT2D eigenvalue weighted by Crippen LogP contribution is -2.70. The molecule has 1 saturated heterocycles. The zero-order chi connectivity index (χ0) is 28.3. The number of esters is 2. The van der Waals surface area contributed by atoms with Crippen LogP contribution in [0.25, 0.3) is 0 Å². The van der Waals surface area contributed by atoms with Gasteiger partial charge in [0.1, 0.15) is 11.7 Å². The summed E-state index contributed by atoms with van der Waals surface area (Å²) in [6.07, 6.45) is 3.16. The highest BCUT2D eigenvalue weighted by atomic mass is 28.4. The lowest BCUT2D eigenvalue weighted by Gasteiger charge is -2.53. The van der Waals surface area contributed by atoms with Crippen LogP contribution in [-0.4, -0.2) is 67.4 Å². The summed E-state index contributed by atoms with van der Waals surface area (Å²) >= 11 is 0. The number of allylic oxidation sites excluding steroid dienone is 1. The second kappa shape index (κ2) is 8.61. The molecule has 0 N–H and O–H groups in total. The smallest absolute Gasteiger partial charge is 0.341 e. The summed E-state index contributed by atoms with van der Waals surface area (Å²) in [6.45, 7) is 23.7. The number of rotatable bonds is 7. The van der Waals surface area contributed by atoms with Crippen molar-refractivity contribution < 1.29 is 32.3 Å². The molecular formula is C28H48O7Si3. The minimum atomic E-state index is -2.36. The van der Waals surface area contributed by atoms with Crippen LogP contribution in [0.15, 0.2) is 12.2 Å². The second-order valence-corrected chi connectivity index (χ2v) is 28.9. The van der Waals surface area contributed by atoms with Crippen molar-refractivity contribution in [2.24, 2.45) is 29.1 Å². The molecule has 4 saturated carbocycles. The first-order valence-corrected chi connectivity index (χ1v) is 24.6. The highest BCUT2D eigenvalue weighted by molar-refractivity contribution is 6.71. The van der Waals surface area contributed by atoms with Crippen LogP contribution in [0.3, 0.4) is 0 Å². The van der Waals surface area contributed by atoms with Gasteiger partial charge in [-0.3, -0.25) is 4.79 Å². The maximum atomic E-state index is 14.5. The molecule has 5 rings (SSSR count). The van der Waals surface area contributed by atoms with E-state index < -0.39 is 54.1 Å². The molecule has 5 fully saturated rings. The van der Waals surface area contributed by atoms with Crippen LogP contribution < -0.4 is 0 Å². The molecule has 0 radical (unpaired) electrons. The Balaban J connectivity index is 1.79. The number of methoxy groups -OCH3 is 1. The second-order valence-electron chi connectivity index (χ2n) is 15.6. The molecule has 10 heteroatoms. The van der Waals surface area contributed by atoms with Gasteiger partial charge in [0.2, 0.25) is 0 Å². The monoisotopic (exact) mass is 580 g/mol. The molecule has 0 aromatic heterocycles. The molecule has 5 aliphatic rings. The first kappa shape index (κ1) is 28.7. The maximum absolute atomic E-state index is 14.5. The summed E-state index contributed by atoms with van der Waals surface area (Å²) in [7, 11) is -5.14. The Labute approximate surface area is 231 Å². The van der Waals surface area contributed by atoms with Crippen LogP contribution in [-0.2, 0) is 32.3 Å². The van der Waals surface area contributed by atoms with Crippen LogP contribution >= 0.6 is 0 Å². The Hall–Kier alpha value is -0.789.